The van der Waals surface area contributed by atoms with E-state index in [0.29, 0.717) is 0 Å². The predicted octanol–water partition coefficient (Wildman–Crippen LogP) is 12.3. The van der Waals surface area contributed by atoms with Crippen LogP contribution in [0.3, 0.4) is 0 Å². The number of rotatable bonds is 0. The minimum atomic E-state index is 1.12. The summed E-state index contributed by atoms with van der Waals surface area (Å²) in [5.41, 5.74) is 3.05. The van der Waals surface area contributed by atoms with Gasteiger partial charge in [-0.15, -0.1) is 0 Å². The zero-order chi connectivity index (χ0) is 27.7. The van der Waals surface area contributed by atoms with Crippen molar-refractivity contribution in [1.29, 1.82) is 0 Å². The van der Waals surface area contributed by atoms with Crippen LogP contribution < -0.4 is 0 Å². The van der Waals surface area contributed by atoms with Gasteiger partial charge in [-0.25, -0.2) is 0 Å². The van der Waals surface area contributed by atoms with Gasteiger partial charge in [0.2, 0.25) is 0 Å². The molecule has 0 saturated carbocycles. The van der Waals surface area contributed by atoms with E-state index in [2.05, 4.69) is 97.1 Å². The molecule has 0 heteroatoms. The van der Waals surface area contributed by atoms with Crippen LogP contribution in [-0.2, 0) is 12.8 Å². The van der Waals surface area contributed by atoms with Crippen LogP contribution in [-0.4, -0.2) is 0 Å². The van der Waals surface area contributed by atoms with Crippen molar-refractivity contribution < 1.29 is 0 Å². The van der Waals surface area contributed by atoms with Crippen molar-refractivity contribution in [3.8, 4) is 0 Å². The molecule has 0 bridgehead atoms. The highest BCUT2D eigenvalue weighted by molar-refractivity contribution is 6.61. The van der Waals surface area contributed by atoms with E-state index in [4.69, 9.17) is 0 Å². The molecule has 196 valence electrons. The SMILES string of the molecule is c1cc2c3cccc4c5cccc6c7ccc8c9c%10c(ccc%11c%12cccc%13c(c1)c2c1c(c34)c(c56)c(c79)c(c%11%10)c1c%13%12)CC8. The zero-order valence-electron chi connectivity index (χ0n) is 23.7. The van der Waals surface area contributed by atoms with Crippen LogP contribution in [0.4, 0.5) is 0 Å². The number of hydrogen-bond donors (Lipinski definition) is 0. The third-order valence-corrected chi connectivity index (χ3v) is 12.2. The van der Waals surface area contributed by atoms with Gasteiger partial charge >= 0.3 is 0 Å². The number of hydrogen-bond acceptors (Lipinski definition) is 0. The molecular formula is C44H20. The molecular weight excluding hydrogens is 528 g/mol. The topological polar surface area (TPSA) is 0 Å². The minimum Gasteiger partial charge on any atom is -0.0610 e. The lowest BCUT2D eigenvalue weighted by Gasteiger charge is -2.31. The standard InChI is InChI=1S/C44H20/c1-5-21-22-6-2-8-24-26-10-4-12-28-30-18-16-20-14-13-19-15-17-29-27-11-3-9-25-23(7-1)33(21)39-40(34(22)24)42(36(26)28)44-38(30)32(20)31(19)37(29)43(44)41(39)35(25)27/h1-12,15-18H,13-14H2. The highest BCUT2D eigenvalue weighted by Gasteiger charge is 2.32. The van der Waals surface area contributed by atoms with Gasteiger partial charge < -0.3 is 0 Å². The molecule has 0 heterocycles. The summed E-state index contributed by atoms with van der Waals surface area (Å²) in [7, 11) is 0. The largest absolute Gasteiger partial charge is 0.0610 e. The molecule has 14 rings (SSSR count). The normalized spacial score (nSPS) is 14.6. The molecule has 0 amide bonds. The molecule has 0 unspecified atom stereocenters. The van der Waals surface area contributed by atoms with E-state index in [1.807, 2.05) is 0 Å². The van der Waals surface area contributed by atoms with Crippen molar-refractivity contribution in [2.75, 3.05) is 0 Å². The quantitative estimate of drug-likeness (QED) is 0.131. The van der Waals surface area contributed by atoms with E-state index in [0.717, 1.165) is 12.8 Å². The maximum Gasteiger partial charge on any atom is -0.0000370 e. The maximum atomic E-state index is 2.46. The lowest BCUT2D eigenvalue weighted by Crippen LogP contribution is -2.05. The monoisotopic (exact) mass is 548 g/mol. The Morgan fingerprint density at radius 1 is 0.205 bits per heavy atom. The van der Waals surface area contributed by atoms with Gasteiger partial charge in [-0.2, -0.15) is 0 Å². The lowest BCUT2D eigenvalue weighted by atomic mass is 9.71. The Kier molecular flexibility index (Phi) is 2.84. The molecule has 0 radical (unpaired) electrons. The molecule has 0 N–H and O–H groups in total. The van der Waals surface area contributed by atoms with Crippen LogP contribution >= 0.6 is 0 Å². The van der Waals surface area contributed by atoms with Crippen LogP contribution in [0, 0.1) is 0 Å². The summed E-state index contributed by atoms with van der Waals surface area (Å²) in [6, 6.07) is 38.1. The zero-order valence-corrected chi connectivity index (χ0v) is 23.7. The molecule has 1 aliphatic rings. The summed E-state index contributed by atoms with van der Waals surface area (Å²) < 4.78 is 0. The number of fused-ring (bicyclic) bond motifs is 5. The second kappa shape index (κ2) is 6.11. The first kappa shape index (κ1) is 20.4. The molecule has 13 aromatic carbocycles. The van der Waals surface area contributed by atoms with Gasteiger partial charge in [-0.3, -0.25) is 0 Å². The number of aryl methyl sites for hydroxylation is 2. The Bertz CT molecular complexity index is 3150. The fraction of sp³-hybridized carbons (Fsp3) is 0.0455. The van der Waals surface area contributed by atoms with Crippen LogP contribution in [0.5, 0.6) is 0 Å². The molecule has 1 aliphatic carbocycles. The van der Waals surface area contributed by atoms with E-state index in [1.54, 1.807) is 0 Å². The van der Waals surface area contributed by atoms with E-state index in [1.165, 1.54) is 140 Å². The molecule has 0 saturated heterocycles. The first-order valence-corrected chi connectivity index (χ1v) is 16.0. The highest BCUT2D eigenvalue weighted by atomic mass is 14.3. The van der Waals surface area contributed by atoms with Crippen LogP contribution in [0.25, 0.3) is 129 Å². The minimum absolute atomic E-state index is 1.12. The highest BCUT2D eigenvalue weighted by Crippen LogP contribution is 2.60. The average molecular weight is 549 g/mol. The smallest absolute Gasteiger partial charge is 0.0000370 e. The van der Waals surface area contributed by atoms with Crippen molar-refractivity contribution in [3.05, 3.63) is 108 Å². The average Bonchev–Trinajstić information content (AvgIpc) is 3.09. The van der Waals surface area contributed by atoms with E-state index in [9.17, 15) is 0 Å². The predicted molar refractivity (Wildman–Crippen MR) is 191 cm³/mol. The summed E-state index contributed by atoms with van der Waals surface area (Å²) >= 11 is 0. The summed E-state index contributed by atoms with van der Waals surface area (Å²) in [6.45, 7) is 0. The van der Waals surface area contributed by atoms with E-state index >= 15 is 0 Å². The molecule has 0 nitrogen and oxygen atoms in total. The van der Waals surface area contributed by atoms with Crippen molar-refractivity contribution in [2.45, 2.75) is 12.8 Å². The maximum absolute atomic E-state index is 2.46. The number of benzene rings is 13. The third-order valence-electron chi connectivity index (χ3n) is 12.2. The van der Waals surface area contributed by atoms with E-state index < -0.39 is 0 Å². The third kappa shape index (κ3) is 1.77. The molecule has 0 fully saturated rings. The fourth-order valence-corrected chi connectivity index (χ4v) is 10.8. The van der Waals surface area contributed by atoms with Gasteiger partial charge in [0.15, 0.2) is 0 Å². The van der Waals surface area contributed by atoms with Gasteiger partial charge in [0, 0.05) is 0 Å². The summed E-state index contributed by atoms with van der Waals surface area (Å²) in [6.07, 6.45) is 2.24. The Labute approximate surface area is 249 Å². The Morgan fingerprint density at radius 3 is 0.750 bits per heavy atom. The van der Waals surface area contributed by atoms with Crippen molar-refractivity contribution in [1.82, 2.24) is 0 Å². The first-order chi connectivity index (χ1) is 21.9. The second-order valence-electron chi connectivity index (χ2n) is 13.7. The van der Waals surface area contributed by atoms with Gasteiger partial charge in [-0.05, 0) is 153 Å². The van der Waals surface area contributed by atoms with Gasteiger partial charge in [0.1, 0.15) is 0 Å². The Balaban J connectivity index is 1.58. The summed E-state index contributed by atoms with van der Waals surface area (Å²) in [5.74, 6) is 0. The van der Waals surface area contributed by atoms with Crippen LogP contribution in [0.15, 0.2) is 97.1 Å². The molecule has 13 aromatic rings. The summed E-state index contributed by atoms with van der Waals surface area (Å²) in [5, 5.41) is 34.9. The molecule has 0 aliphatic heterocycles. The Morgan fingerprint density at radius 2 is 0.455 bits per heavy atom. The van der Waals surface area contributed by atoms with Gasteiger partial charge in [-0.1, -0.05) is 97.1 Å². The summed E-state index contributed by atoms with van der Waals surface area (Å²) in [4.78, 5) is 0. The second-order valence-corrected chi connectivity index (χ2v) is 13.7. The van der Waals surface area contributed by atoms with Crippen molar-refractivity contribution in [2.24, 2.45) is 0 Å². The Hall–Kier alpha value is -5.46. The molecule has 0 atom stereocenters. The van der Waals surface area contributed by atoms with Gasteiger partial charge in [0.05, 0.1) is 0 Å². The van der Waals surface area contributed by atoms with Crippen molar-refractivity contribution >= 4 is 129 Å². The van der Waals surface area contributed by atoms with Gasteiger partial charge in [0.25, 0.3) is 0 Å². The first-order valence-electron chi connectivity index (χ1n) is 16.0. The van der Waals surface area contributed by atoms with Crippen LogP contribution in [0.2, 0.25) is 0 Å². The van der Waals surface area contributed by atoms with Crippen LogP contribution in [0.1, 0.15) is 11.1 Å². The fourth-order valence-electron chi connectivity index (χ4n) is 10.8. The van der Waals surface area contributed by atoms with E-state index in [-0.39, 0.29) is 0 Å². The molecule has 0 spiro atoms. The van der Waals surface area contributed by atoms with Crippen molar-refractivity contribution in [3.63, 3.8) is 0 Å². The lowest BCUT2D eigenvalue weighted by molar-refractivity contribution is 0.970. The molecule has 44 heavy (non-hydrogen) atoms. The molecule has 0 aromatic heterocycles.